The molecule has 1 heterocycles. The fourth-order valence-electron chi connectivity index (χ4n) is 2.75. The molecular weight excluding hydrogens is 324 g/mol. The van der Waals surface area contributed by atoms with Crippen LogP contribution in [-0.4, -0.2) is 41.6 Å². The van der Waals surface area contributed by atoms with Gasteiger partial charge in [0.1, 0.15) is 6.04 Å². The first-order chi connectivity index (χ1) is 11.6. The third-order valence-corrected chi connectivity index (χ3v) is 4.66. The minimum absolute atomic E-state index is 0.135. The molecular formula is C18H24N2O3S. The Morgan fingerprint density at radius 2 is 2.08 bits per heavy atom. The van der Waals surface area contributed by atoms with Crippen LogP contribution in [0.2, 0.25) is 0 Å². The van der Waals surface area contributed by atoms with Gasteiger partial charge in [0.05, 0.1) is 7.11 Å². The molecule has 6 heteroatoms. The van der Waals surface area contributed by atoms with Crippen molar-refractivity contribution in [2.24, 2.45) is 0 Å². The van der Waals surface area contributed by atoms with Crippen LogP contribution in [0.15, 0.2) is 30.3 Å². The Labute approximate surface area is 146 Å². The minimum atomic E-state index is -0.572. The molecule has 0 spiro atoms. The van der Waals surface area contributed by atoms with Crippen molar-refractivity contribution < 1.29 is 14.3 Å². The molecule has 0 unspecified atom stereocenters. The number of benzene rings is 1. The normalized spacial score (nSPS) is 12.1. The predicted octanol–water partition coefficient (Wildman–Crippen LogP) is 2.75. The Balaban J connectivity index is 1.98. The van der Waals surface area contributed by atoms with Gasteiger partial charge in [0.2, 0.25) is 5.91 Å². The van der Waals surface area contributed by atoms with Crippen LogP contribution >= 0.6 is 11.8 Å². The van der Waals surface area contributed by atoms with E-state index in [9.17, 15) is 9.59 Å². The molecule has 0 aliphatic carbocycles. The first-order valence-electron chi connectivity index (χ1n) is 7.97. The maximum absolute atomic E-state index is 12.2. The summed E-state index contributed by atoms with van der Waals surface area (Å²) >= 11 is 1.64. The fraction of sp³-hybridized carbons (Fsp3) is 0.444. The van der Waals surface area contributed by atoms with E-state index in [0.717, 1.165) is 17.0 Å². The first kappa shape index (κ1) is 18.4. The monoisotopic (exact) mass is 348 g/mol. The number of esters is 1. The van der Waals surface area contributed by atoms with Gasteiger partial charge in [-0.3, -0.25) is 4.79 Å². The second-order valence-electron chi connectivity index (χ2n) is 5.67. The predicted molar refractivity (Wildman–Crippen MR) is 98.2 cm³/mol. The second kappa shape index (κ2) is 8.78. The first-order valence-corrected chi connectivity index (χ1v) is 9.37. The van der Waals surface area contributed by atoms with Crippen molar-refractivity contribution in [2.45, 2.75) is 32.4 Å². The molecule has 0 saturated carbocycles. The largest absolute Gasteiger partial charge is 0.467 e. The number of nitrogens with zero attached hydrogens (tertiary/aromatic N) is 1. The van der Waals surface area contributed by atoms with Crippen molar-refractivity contribution >= 4 is 34.5 Å². The number of hydrogen-bond acceptors (Lipinski definition) is 4. The summed E-state index contributed by atoms with van der Waals surface area (Å²) in [6.07, 6.45) is 2.87. The Bertz CT molecular complexity index is 711. The molecule has 0 aliphatic heterocycles. The maximum Gasteiger partial charge on any atom is 0.328 e. The fourth-order valence-corrected chi connectivity index (χ4v) is 3.22. The van der Waals surface area contributed by atoms with Gasteiger partial charge in [-0.1, -0.05) is 18.2 Å². The lowest BCUT2D eigenvalue weighted by Gasteiger charge is -2.16. The smallest absolute Gasteiger partial charge is 0.328 e. The summed E-state index contributed by atoms with van der Waals surface area (Å²) in [5.74, 6) is 0.269. The summed E-state index contributed by atoms with van der Waals surface area (Å²) in [5.41, 5.74) is 2.24. The molecule has 2 aromatic rings. The molecule has 5 nitrogen and oxygen atoms in total. The summed E-state index contributed by atoms with van der Waals surface area (Å²) in [7, 11) is 1.34. The van der Waals surface area contributed by atoms with Crippen LogP contribution in [0.4, 0.5) is 0 Å². The number of aromatic nitrogens is 1. The zero-order chi connectivity index (χ0) is 17.5. The van der Waals surface area contributed by atoms with Crippen LogP contribution in [-0.2, 0) is 20.9 Å². The standard InChI is InChI=1S/C18H24N2O3S/c1-13-12-14-6-4-5-7-16(14)20(13)10-8-17(21)19-15(9-11-24-3)18(22)23-2/h4-7,12,15H,8-11H2,1-3H3,(H,19,21)/t15-/m1/s1. The lowest BCUT2D eigenvalue weighted by atomic mass is 10.2. The topological polar surface area (TPSA) is 60.3 Å². The summed E-state index contributed by atoms with van der Waals surface area (Å²) in [6, 6.07) is 9.66. The number of carbonyl (C=O) groups is 2. The zero-order valence-electron chi connectivity index (χ0n) is 14.4. The Morgan fingerprint density at radius 1 is 1.33 bits per heavy atom. The van der Waals surface area contributed by atoms with Crippen LogP contribution in [0.1, 0.15) is 18.5 Å². The van der Waals surface area contributed by atoms with Crippen molar-refractivity contribution in [3.63, 3.8) is 0 Å². The van der Waals surface area contributed by atoms with Gasteiger partial charge < -0.3 is 14.6 Å². The van der Waals surface area contributed by atoms with E-state index in [1.807, 2.05) is 25.3 Å². The summed E-state index contributed by atoms with van der Waals surface area (Å²) in [5, 5.41) is 3.96. The lowest BCUT2D eigenvalue weighted by Crippen LogP contribution is -2.42. The highest BCUT2D eigenvalue weighted by Crippen LogP contribution is 2.19. The van der Waals surface area contributed by atoms with Crippen molar-refractivity contribution in [1.82, 2.24) is 9.88 Å². The van der Waals surface area contributed by atoms with Gasteiger partial charge in [0.15, 0.2) is 0 Å². The quantitative estimate of drug-likeness (QED) is 0.745. The van der Waals surface area contributed by atoms with Gasteiger partial charge in [-0.15, -0.1) is 0 Å². The number of thioether (sulfide) groups is 1. The van der Waals surface area contributed by atoms with Gasteiger partial charge in [0, 0.05) is 24.2 Å². The molecule has 0 saturated heterocycles. The average molecular weight is 348 g/mol. The minimum Gasteiger partial charge on any atom is -0.467 e. The average Bonchev–Trinajstić information content (AvgIpc) is 2.91. The molecule has 0 bridgehead atoms. The molecule has 0 radical (unpaired) electrons. The summed E-state index contributed by atoms with van der Waals surface area (Å²) in [6.45, 7) is 2.62. The van der Waals surface area contributed by atoms with Gasteiger partial charge >= 0.3 is 5.97 Å². The SMILES string of the molecule is COC(=O)[C@@H](CCSC)NC(=O)CCn1c(C)cc2ccccc21. The number of hydrogen-bond donors (Lipinski definition) is 1. The van der Waals surface area contributed by atoms with E-state index in [1.54, 1.807) is 11.8 Å². The van der Waals surface area contributed by atoms with Gasteiger partial charge in [-0.25, -0.2) is 4.79 Å². The van der Waals surface area contributed by atoms with Crippen LogP contribution in [0, 0.1) is 6.92 Å². The van der Waals surface area contributed by atoms with E-state index < -0.39 is 6.04 Å². The number of para-hydroxylation sites is 1. The maximum atomic E-state index is 12.2. The highest BCUT2D eigenvalue weighted by molar-refractivity contribution is 7.98. The van der Waals surface area contributed by atoms with Gasteiger partial charge in [0.25, 0.3) is 0 Å². The number of carbonyl (C=O) groups excluding carboxylic acids is 2. The van der Waals surface area contributed by atoms with Crippen LogP contribution < -0.4 is 5.32 Å². The Kier molecular flexibility index (Phi) is 6.73. The van der Waals surface area contributed by atoms with Crippen LogP contribution in [0.3, 0.4) is 0 Å². The number of nitrogens with one attached hydrogen (secondary N) is 1. The molecule has 0 aliphatic rings. The molecule has 1 aromatic carbocycles. The van der Waals surface area contributed by atoms with Gasteiger partial charge in [-0.2, -0.15) is 11.8 Å². The molecule has 1 N–H and O–H groups in total. The summed E-state index contributed by atoms with van der Waals surface area (Å²) in [4.78, 5) is 24.0. The number of amides is 1. The van der Waals surface area contributed by atoms with Crippen molar-refractivity contribution in [2.75, 3.05) is 19.1 Å². The van der Waals surface area contributed by atoms with Crippen LogP contribution in [0.25, 0.3) is 10.9 Å². The second-order valence-corrected chi connectivity index (χ2v) is 6.66. The number of ether oxygens (including phenoxy) is 1. The number of rotatable bonds is 8. The summed E-state index contributed by atoms with van der Waals surface area (Å²) < 4.78 is 6.90. The molecule has 1 aromatic heterocycles. The lowest BCUT2D eigenvalue weighted by molar-refractivity contribution is -0.145. The number of fused-ring (bicyclic) bond motifs is 1. The molecule has 1 atom stereocenters. The number of aryl methyl sites for hydroxylation is 2. The molecule has 130 valence electrons. The zero-order valence-corrected chi connectivity index (χ0v) is 15.2. The highest BCUT2D eigenvalue weighted by Gasteiger charge is 2.21. The molecule has 1 amide bonds. The number of methoxy groups -OCH3 is 1. The van der Waals surface area contributed by atoms with E-state index in [0.29, 0.717) is 19.4 Å². The molecule has 0 fully saturated rings. The molecule has 2 rings (SSSR count). The van der Waals surface area contributed by atoms with E-state index in [-0.39, 0.29) is 11.9 Å². The van der Waals surface area contributed by atoms with E-state index in [4.69, 9.17) is 4.74 Å². The van der Waals surface area contributed by atoms with Crippen molar-refractivity contribution in [3.8, 4) is 0 Å². The van der Waals surface area contributed by atoms with E-state index in [1.165, 1.54) is 12.5 Å². The third kappa shape index (κ3) is 4.54. The van der Waals surface area contributed by atoms with Crippen LogP contribution in [0.5, 0.6) is 0 Å². The third-order valence-electron chi connectivity index (χ3n) is 4.01. The molecule has 24 heavy (non-hydrogen) atoms. The van der Waals surface area contributed by atoms with Gasteiger partial charge in [-0.05, 0) is 42.9 Å². The van der Waals surface area contributed by atoms with Crippen molar-refractivity contribution in [1.29, 1.82) is 0 Å². The Morgan fingerprint density at radius 3 is 2.79 bits per heavy atom. The van der Waals surface area contributed by atoms with E-state index >= 15 is 0 Å². The van der Waals surface area contributed by atoms with Crippen molar-refractivity contribution in [3.05, 3.63) is 36.0 Å². The highest BCUT2D eigenvalue weighted by atomic mass is 32.2. The van der Waals surface area contributed by atoms with E-state index in [2.05, 4.69) is 28.1 Å². The Hall–Kier alpha value is -1.95.